The molecule has 1 aromatic carbocycles. The van der Waals surface area contributed by atoms with E-state index in [0.29, 0.717) is 22.3 Å². The molecule has 138 valence electrons. The Morgan fingerprint density at radius 2 is 1.93 bits per heavy atom. The number of carbonyl (C=O) groups is 1. The van der Waals surface area contributed by atoms with Gasteiger partial charge < -0.3 is 20.1 Å². The number of hydrogen-bond donors (Lipinski definition) is 1. The fourth-order valence-corrected chi connectivity index (χ4v) is 3.35. The van der Waals surface area contributed by atoms with Crippen molar-refractivity contribution in [1.29, 1.82) is 0 Å². The lowest BCUT2D eigenvalue weighted by molar-refractivity contribution is 0.0604. The van der Waals surface area contributed by atoms with Crippen LogP contribution in [0.1, 0.15) is 27.0 Å². The minimum absolute atomic E-state index is 0.213. The summed E-state index contributed by atoms with van der Waals surface area (Å²) in [6, 6.07) is 5.54. The molecule has 0 bridgehead atoms. The van der Waals surface area contributed by atoms with Crippen LogP contribution >= 0.6 is 0 Å². The van der Waals surface area contributed by atoms with Gasteiger partial charge in [-0.05, 0) is 38.0 Å². The topological polar surface area (TPSA) is 83.7 Å². The van der Waals surface area contributed by atoms with Gasteiger partial charge >= 0.3 is 5.97 Å². The van der Waals surface area contributed by atoms with Gasteiger partial charge in [0.15, 0.2) is 0 Å². The van der Waals surface area contributed by atoms with Gasteiger partial charge in [0, 0.05) is 5.56 Å². The summed E-state index contributed by atoms with van der Waals surface area (Å²) in [4.78, 5) is 20.4. The van der Waals surface area contributed by atoms with Crippen molar-refractivity contribution in [2.75, 3.05) is 20.0 Å². The van der Waals surface area contributed by atoms with Gasteiger partial charge in [-0.3, -0.25) is 4.57 Å². The summed E-state index contributed by atoms with van der Waals surface area (Å²) in [5.41, 5.74) is 10.3. The van der Waals surface area contributed by atoms with Crippen LogP contribution in [0.2, 0.25) is 0 Å². The number of pyridine rings is 1. The molecular weight excluding hydrogens is 344 g/mol. The molecule has 3 aromatic rings. The standard InChI is InChI=1S/C20H20N4O3/c1-10-7-8-14(26-5)12(3)16(10)24-17(21)15(20(25)27-6)13-9-11(2)18(22-4)23-19(13)24/h7-9H,21H2,1-3,5-6H3. The number of nitrogens with two attached hydrogens (primary N) is 1. The summed E-state index contributed by atoms with van der Waals surface area (Å²) in [5, 5.41) is 0.547. The highest BCUT2D eigenvalue weighted by Gasteiger charge is 2.28. The maximum absolute atomic E-state index is 12.4. The second-order valence-corrected chi connectivity index (χ2v) is 6.26. The van der Waals surface area contributed by atoms with E-state index in [4.69, 9.17) is 21.8 Å². The molecule has 7 nitrogen and oxygen atoms in total. The molecule has 0 aliphatic rings. The van der Waals surface area contributed by atoms with E-state index in [2.05, 4.69) is 9.83 Å². The van der Waals surface area contributed by atoms with E-state index in [0.717, 1.165) is 16.8 Å². The average Bonchev–Trinajstić information content (AvgIpc) is 2.92. The van der Waals surface area contributed by atoms with Crippen molar-refractivity contribution in [2.45, 2.75) is 20.8 Å². The molecule has 0 fully saturated rings. The van der Waals surface area contributed by atoms with Crippen molar-refractivity contribution in [1.82, 2.24) is 9.55 Å². The number of hydrogen-bond acceptors (Lipinski definition) is 5. The molecule has 0 saturated carbocycles. The summed E-state index contributed by atoms with van der Waals surface area (Å²) in [6.45, 7) is 13.0. The molecule has 0 atom stereocenters. The van der Waals surface area contributed by atoms with Crippen LogP contribution < -0.4 is 10.5 Å². The lowest BCUT2D eigenvalue weighted by atomic mass is 10.1. The lowest BCUT2D eigenvalue weighted by Gasteiger charge is -2.16. The second-order valence-electron chi connectivity index (χ2n) is 6.26. The Kier molecular flexibility index (Phi) is 4.50. The fourth-order valence-electron chi connectivity index (χ4n) is 3.35. The molecule has 0 aliphatic heterocycles. The minimum atomic E-state index is -0.550. The number of carbonyl (C=O) groups excluding carboxylic acids is 1. The van der Waals surface area contributed by atoms with Gasteiger partial charge in [0.1, 0.15) is 17.1 Å². The number of rotatable bonds is 3. The van der Waals surface area contributed by atoms with Crippen LogP contribution in [0.3, 0.4) is 0 Å². The van der Waals surface area contributed by atoms with Gasteiger partial charge in [-0.2, -0.15) is 0 Å². The van der Waals surface area contributed by atoms with Crippen LogP contribution in [0.4, 0.5) is 11.6 Å². The molecule has 7 heteroatoms. The first-order valence-corrected chi connectivity index (χ1v) is 8.27. The van der Waals surface area contributed by atoms with Crippen LogP contribution in [0.25, 0.3) is 21.6 Å². The zero-order valence-electron chi connectivity index (χ0n) is 15.9. The highest BCUT2D eigenvalue weighted by Crippen LogP contribution is 2.37. The summed E-state index contributed by atoms with van der Waals surface area (Å²) in [6.07, 6.45) is 0. The van der Waals surface area contributed by atoms with Gasteiger partial charge in [-0.1, -0.05) is 18.7 Å². The van der Waals surface area contributed by atoms with Crippen molar-refractivity contribution in [3.05, 3.63) is 51.9 Å². The first-order valence-electron chi connectivity index (χ1n) is 8.27. The number of methoxy groups -OCH3 is 2. The van der Waals surface area contributed by atoms with Crippen molar-refractivity contribution in [3.8, 4) is 11.4 Å². The molecule has 0 unspecified atom stereocenters. The van der Waals surface area contributed by atoms with Crippen molar-refractivity contribution >= 4 is 28.6 Å². The Hall–Kier alpha value is -3.53. The van der Waals surface area contributed by atoms with E-state index in [-0.39, 0.29) is 17.2 Å². The predicted molar refractivity (Wildman–Crippen MR) is 104 cm³/mol. The van der Waals surface area contributed by atoms with Gasteiger partial charge in [-0.15, -0.1) is 4.98 Å². The van der Waals surface area contributed by atoms with Crippen LogP contribution in [-0.4, -0.2) is 29.7 Å². The van der Waals surface area contributed by atoms with Gasteiger partial charge in [-0.25, -0.2) is 4.79 Å². The molecular formula is C20H20N4O3. The Labute approximate surface area is 157 Å². The molecule has 27 heavy (non-hydrogen) atoms. The van der Waals surface area contributed by atoms with Gasteiger partial charge in [0.2, 0.25) is 5.65 Å². The van der Waals surface area contributed by atoms with Crippen LogP contribution in [0, 0.1) is 27.3 Å². The molecule has 2 heterocycles. The zero-order chi connectivity index (χ0) is 19.9. The lowest BCUT2D eigenvalue weighted by Crippen LogP contribution is -2.09. The molecule has 0 amide bonds. The first-order chi connectivity index (χ1) is 12.8. The summed E-state index contributed by atoms with van der Waals surface area (Å²) in [7, 11) is 2.90. The van der Waals surface area contributed by atoms with Crippen molar-refractivity contribution in [2.24, 2.45) is 0 Å². The molecule has 2 aromatic heterocycles. The number of anilines is 1. The molecule has 0 radical (unpaired) electrons. The second kappa shape index (κ2) is 6.65. The van der Waals surface area contributed by atoms with Gasteiger partial charge in [0.25, 0.3) is 5.82 Å². The van der Waals surface area contributed by atoms with Crippen molar-refractivity contribution < 1.29 is 14.3 Å². The molecule has 0 spiro atoms. The Morgan fingerprint density at radius 3 is 2.52 bits per heavy atom. The van der Waals surface area contributed by atoms with E-state index in [1.54, 1.807) is 24.7 Å². The summed E-state index contributed by atoms with van der Waals surface area (Å²) < 4.78 is 12.1. The third-order valence-electron chi connectivity index (χ3n) is 4.67. The number of esters is 1. The fraction of sp³-hybridized carbons (Fsp3) is 0.250. The maximum atomic E-state index is 12.4. The summed E-state index contributed by atoms with van der Waals surface area (Å²) in [5.74, 6) is 0.612. The largest absolute Gasteiger partial charge is 0.496 e. The summed E-state index contributed by atoms with van der Waals surface area (Å²) >= 11 is 0. The highest BCUT2D eigenvalue weighted by atomic mass is 16.5. The number of aromatic nitrogens is 2. The Balaban J connectivity index is 2.53. The maximum Gasteiger partial charge on any atom is 0.342 e. The number of aryl methyl sites for hydroxylation is 2. The Bertz CT molecular complexity index is 1120. The monoisotopic (exact) mass is 364 g/mol. The number of fused-ring (bicyclic) bond motifs is 1. The van der Waals surface area contributed by atoms with E-state index >= 15 is 0 Å². The van der Waals surface area contributed by atoms with Crippen molar-refractivity contribution in [3.63, 3.8) is 0 Å². The Morgan fingerprint density at radius 1 is 1.22 bits per heavy atom. The van der Waals surface area contributed by atoms with E-state index < -0.39 is 5.97 Å². The third kappa shape index (κ3) is 2.66. The number of ether oxygens (including phenoxy) is 2. The normalized spacial score (nSPS) is 10.7. The highest BCUT2D eigenvalue weighted by molar-refractivity contribution is 6.09. The number of nitrogen functional groups attached to an aromatic ring is 1. The number of benzene rings is 1. The molecule has 2 N–H and O–H groups in total. The third-order valence-corrected chi connectivity index (χ3v) is 4.67. The first kappa shape index (κ1) is 18.3. The minimum Gasteiger partial charge on any atom is -0.496 e. The van der Waals surface area contributed by atoms with Gasteiger partial charge in [0.05, 0.1) is 25.3 Å². The molecule has 0 saturated heterocycles. The predicted octanol–water partition coefficient (Wildman–Crippen LogP) is 3.88. The van der Waals surface area contributed by atoms with Crippen LogP contribution in [-0.2, 0) is 4.74 Å². The zero-order valence-corrected chi connectivity index (χ0v) is 15.9. The SMILES string of the molecule is [C-]#[N+]c1nc2c(cc1C)c(C(=O)OC)c(N)n2-c1c(C)ccc(OC)c1C. The van der Waals surface area contributed by atoms with E-state index in [9.17, 15) is 4.79 Å². The molecule has 3 rings (SSSR count). The van der Waals surface area contributed by atoms with E-state index in [1.807, 2.05) is 26.0 Å². The molecule has 0 aliphatic carbocycles. The smallest absolute Gasteiger partial charge is 0.342 e. The van der Waals surface area contributed by atoms with Crippen LogP contribution in [0.5, 0.6) is 5.75 Å². The van der Waals surface area contributed by atoms with E-state index in [1.165, 1.54) is 7.11 Å². The quantitative estimate of drug-likeness (QED) is 0.563. The number of nitrogens with zero attached hydrogens (tertiary/aromatic N) is 3. The average molecular weight is 364 g/mol. The van der Waals surface area contributed by atoms with Crippen LogP contribution in [0.15, 0.2) is 18.2 Å².